The van der Waals surface area contributed by atoms with E-state index in [1.54, 1.807) is 23.7 Å². The molecule has 2 fully saturated rings. The predicted molar refractivity (Wildman–Crippen MR) is 130 cm³/mol. The molecule has 0 amide bonds. The highest BCUT2D eigenvalue weighted by molar-refractivity contribution is 6.81. The molecule has 1 saturated carbocycles. The number of rotatable bonds is 4. The van der Waals surface area contributed by atoms with Crippen molar-refractivity contribution in [2.24, 2.45) is 17.8 Å². The lowest BCUT2D eigenvalue weighted by Crippen LogP contribution is -2.46. The molecule has 0 spiro atoms. The van der Waals surface area contributed by atoms with E-state index in [0.717, 1.165) is 29.2 Å². The lowest BCUT2D eigenvalue weighted by molar-refractivity contribution is 0.511. The molecule has 0 nitrogen and oxygen atoms in total. The molecule has 5 unspecified atom stereocenters. The molecule has 2 aromatic rings. The van der Waals surface area contributed by atoms with Gasteiger partial charge in [-0.25, -0.2) is 0 Å². The third-order valence-corrected chi connectivity index (χ3v) is 15.6. The van der Waals surface area contributed by atoms with Gasteiger partial charge in [0.1, 0.15) is 0 Å². The molecule has 5 atom stereocenters. The number of benzene rings is 2. The Morgan fingerprint density at radius 3 is 2.62 bits per heavy atom. The van der Waals surface area contributed by atoms with E-state index in [2.05, 4.69) is 69.3 Å². The second kappa shape index (κ2) is 7.73. The normalized spacial score (nSPS) is 31.4. The summed E-state index contributed by atoms with van der Waals surface area (Å²) in [5, 5.41) is 2.96. The third kappa shape index (κ3) is 3.25. The van der Waals surface area contributed by atoms with Crippen molar-refractivity contribution in [3.05, 3.63) is 53.6 Å². The molecule has 1 heterocycles. The maximum atomic E-state index is 2.68. The Balaban J connectivity index is 1.57. The molecule has 3 aliphatic rings. The quantitative estimate of drug-likeness (QED) is 0.449. The van der Waals surface area contributed by atoms with E-state index < -0.39 is 8.07 Å². The van der Waals surface area contributed by atoms with Crippen LogP contribution in [0.4, 0.5) is 0 Å². The van der Waals surface area contributed by atoms with Crippen molar-refractivity contribution in [1.82, 2.24) is 0 Å². The zero-order valence-electron chi connectivity index (χ0n) is 18.7. The molecule has 0 aromatic heterocycles. The third-order valence-electron chi connectivity index (χ3n) is 9.00. The van der Waals surface area contributed by atoms with Crippen molar-refractivity contribution in [2.45, 2.75) is 82.5 Å². The first-order valence-corrected chi connectivity index (χ1v) is 15.0. The second-order valence-electron chi connectivity index (χ2n) is 10.7. The van der Waals surface area contributed by atoms with Gasteiger partial charge in [-0.2, -0.15) is 0 Å². The highest BCUT2D eigenvalue weighted by Gasteiger charge is 2.53. The first-order chi connectivity index (χ1) is 14.1. The van der Waals surface area contributed by atoms with Crippen LogP contribution < -0.4 is 0 Å². The fourth-order valence-corrected chi connectivity index (χ4v) is 15.4. The fourth-order valence-electron chi connectivity index (χ4n) is 7.76. The van der Waals surface area contributed by atoms with Gasteiger partial charge in [0.05, 0.1) is 8.07 Å². The van der Waals surface area contributed by atoms with Gasteiger partial charge in [-0.1, -0.05) is 113 Å². The summed E-state index contributed by atoms with van der Waals surface area (Å²) in [4.78, 5) is 0. The minimum Gasteiger partial charge on any atom is -0.0802 e. The van der Waals surface area contributed by atoms with E-state index in [1.807, 2.05) is 0 Å². The van der Waals surface area contributed by atoms with Crippen LogP contribution in [0.1, 0.15) is 69.9 Å². The van der Waals surface area contributed by atoms with Gasteiger partial charge in [0.2, 0.25) is 0 Å². The number of allylic oxidation sites excluding steroid dienone is 1. The van der Waals surface area contributed by atoms with E-state index in [-0.39, 0.29) is 0 Å². The van der Waals surface area contributed by atoms with Crippen LogP contribution in [-0.4, -0.2) is 8.07 Å². The average molecular weight is 403 g/mol. The van der Waals surface area contributed by atoms with Crippen LogP contribution in [0.25, 0.3) is 16.8 Å². The molecule has 5 rings (SSSR count). The SMILES string of the molecule is CCC(C)C[Si]1(C2C(C)CC3c4c(ccc5ccccc45)C=CC32)CCCCC1. The minimum absolute atomic E-state index is 0.754. The van der Waals surface area contributed by atoms with E-state index in [1.165, 1.54) is 48.4 Å². The number of hydrogen-bond donors (Lipinski definition) is 0. The van der Waals surface area contributed by atoms with Crippen LogP contribution in [0, 0.1) is 17.8 Å². The molecular weight excluding hydrogens is 364 g/mol. The molecule has 0 radical (unpaired) electrons. The molecule has 0 bridgehead atoms. The Kier molecular flexibility index (Phi) is 5.22. The van der Waals surface area contributed by atoms with Gasteiger partial charge in [0.15, 0.2) is 0 Å². The van der Waals surface area contributed by atoms with Crippen molar-refractivity contribution >= 4 is 24.9 Å². The molecular formula is C28H38Si. The lowest BCUT2D eigenvalue weighted by Gasteiger charge is -2.47. The van der Waals surface area contributed by atoms with E-state index in [4.69, 9.17) is 0 Å². The summed E-state index contributed by atoms with van der Waals surface area (Å²) in [6.45, 7) is 7.58. The number of fused-ring (bicyclic) bond motifs is 5. The van der Waals surface area contributed by atoms with Crippen LogP contribution in [0.3, 0.4) is 0 Å². The van der Waals surface area contributed by atoms with Gasteiger partial charge >= 0.3 is 0 Å². The summed E-state index contributed by atoms with van der Waals surface area (Å²) in [5.41, 5.74) is 4.19. The second-order valence-corrected chi connectivity index (χ2v) is 15.5. The molecule has 1 saturated heterocycles. The molecule has 29 heavy (non-hydrogen) atoms. The topological polar surface area (TPSA) is 0 Å². The maximum Gasteiger partial charge on any atom is 0.0578 e. The zero-order chi connectivity index (χ0) is 20.0. The average Bonchev–Trinajstić information content (AvgIpc) is 3.10. The number of hydrogen-bond acceptors (Lipinski definition) is 0. The Labute approximate surface area is 178 Å². The first kappa shape index (κ1) is 19.6. The van der Waals surface area contributed by atoms with Crippen molar-refractivity contribution in [1.29, 1.82) is 0 Å². The Hall–Kier alpha value is -1.34. The molecule has 154 valence electrons. The highest BCUT2D eigenvalue weighted by atomic mass is 28.3. The van der Waals surface area contributed by atoms with E-state index in [0.29, 0.717) is 0 Å². The van der Waals surface area contributed by atoms with Gasteiger partial charge in [0.25, 0.3) is 0 Å². The van der Waals surface area contributed by atoms with Crippen LogP contribution in [0.5, 0.6) is 0 Å². The van der Waals surface area contributed by atoms with Gasteiger partial charge < -0.3 is 0 Å². The summed E-state index contributed by atoms with van der Waals surface area (Å²) in [6, 6.07) is 18.7. The van der Waals surface area contributed by atoms with Gasteiger partial charge in [0, 0.05) is 0 Å². The summed E-state index contributed by atoms with van der Waals surface area (Å²) < 4.78 is 0. The minimum atomic E-state index is -1.24. The largest absolute Gasteiger partial charge is 0.0802 e. The Bertz CT molecular complexity index is 904. The van der Waals surface area contributed by atoms with Crippen LogP contribution in [0.15, 0.2) is 42.5 Å². The van der Waals surface area contributed by atoms with Crippen molar-refractivity contribution in [3.8, 4) is 0 Å². The smallest absolute Gasteiger partial charge is 0.0578 e. The van der Waals surface area contributed by atoms with Gasteiger partial charge in [-0.3, -0.25) is 0 Å². The Morgan fingerprint density at radius 1 is 1.03 bits per heavy atom. The van der Waals surface area contributed by atoms with Crippen LogP contribution in [0.2, 0.25) is 23.7 Å². The molecule has 1 heteroatoms. The molecule has 1 aliphatic heterocycles. The summed E-state index contributed by atoms with van der Waals surface area (Å²) in [5.74, 6) is 3.38. The fraction of sp³-hybridized carbons (Fsp3) is 0.571. The summed E-state index contributed by atoms with van der Waals surface area (Å²) >= 11 is 0. The lowest BCUT2D eigenvalue weighted by atomic mass is 9.79. The van der Waals surface area contributed by atoms with Crippen LogP contribution >= 0.6 is 0 Å². The molecule has 2 aromatic carbocycles. The van der Waals surface area contributed by atoms with Crippen LogP contribution in [-0.2, 0) is 0 Å². The van der Waals surface area contributed by atoms with Crippen molar-refractivity contribution < 1.29 is 0 Å². The Morgan fingerprint density at radius 2 is 1.83 bits per heavy atom. The zero-order valence-corrected chi connectivity index (χ0v) is 19.7. The highest BCUT2D eigenvalue weighted by Crippen LogP contribution is 2.62. The predicted octanol–water partition coefficient (Wildman–Crippen LogP) is 8.66. The van der Waals surface area contributed by atoms with Gasteiger partial charge in [-0.05, 0) is 57.5 Å². The van der Waals surface area contributed by atoms with Crippen molar-refractivity contribution in [2.75, 3.05) is 0 Å². The molecule has 2 aliphatic carbocycles. The monoisotopic (exact) mass is 402 g/mol. The standard InChI is InChI=1S/C28H38Si/c1-4-20(2)19-29(16-8-5-9-17-29)28-21(3)18-26-25(28)15-14-23-13-12-22-10-6-7-11-24(22)27(23)26/h6-7,10-15,20-21,25-26,28H,4-5,8-9,16-19H2,1-3H3. The van der Waals surface area contributed by atoms with E-state index in [9.17, 15) is 0 Å². The molecule has 0 N–H and O–H groups in total. The first-order valence-electron chi connectivity index (χ1n) is 12.3. The van der Waals surface area contributed by atoms with Crippen molar-refractivity contribution in [3.63, 3.8) is 0 Å². The van der Waals surface area contributed by atoms with Gasteiger partial charge in [-0.15, -0.1) is 0 Å². The van der Waals surface area contributed by atoms with E-state index >= 15 is 0 Å². The summed E-state index contributed by atoms with van der Waals surface area (Å²) in [7, 11) is -1.24. The summed E-state index contributed by atoms with van der Waals surface area (Å²) in [6.07, 6.45) is 12.5. The maximum absolute atomic E-state index is 2.68.